The number of fused-ring (bicyclic) bond motifs is 1. The maximum absolute atomic E-state index is 12.7. The lowest BCUT2D eigenvalue weighted by atomic mass is 10.2. The van der Waals surface area contributed by atoms with Crippen LogP contribution >= 0.6 is 11.3 Å². The minimum atomic E-state index is -4.61. The van der Waals surface area contributed by atoms with Gasteiger partial charge in [0.15, 0.2) is 6.29 Å². The molecule has 2 heterocycles. The number of alkyl halides is 3. The van der Waals surface area contributed by atoms with Gasteiger partial charge >= 0.3 is 11.9 Å². The normalized spacial score (nSPS) is 12.0. The van der Waals surface area contributed by atoms with Gasteiger partial charge in [-0.15, -0.1) is 11.3 Å². The summed E-state index contributed by atoms with van der Waals surface area (Å²) < 4.78 is 39.2. The van der Waals surface area contributed by atoms with E-state index in [9.17, 15) is 27.6 Å². The smallest absolute Gasteiger partial charge is 0.297 e. The summed E-state index contributed by atoms with van der Waals surface area (Å²) >= 11 is 0.720. The fourth-order valence-corrected chi connectivity index (χ4v) is 3.23. The molecule has 114 valence electrons. The number of rotatable bonds is 3. The van der Waals surface area contributed by atoms with Gasteiger partial charge in [-0.05, 0) is 19.4 Å². The molecule has 2 rings (SSSR count). The Hall–Kier alpha value is -1.90. The summed E-state index contributed by atoms with van der Waals surface area (Å²) in [6.45, 7) is 1.43. The van der Waals surface area contributed by atoms with Crippen molar-refractivity contribution in [2.75, 3.05) is 0 Å². The van der Waals surface area contributed by atoms with Crippen LogP contribution < -0.4 is 11.2 Å². The third-order valence-electron chi connectivity index (χ3n) is 3.09. The van der Waals surface area contributed by atoms with Crippen molar-refractivity contribution < 1.29 is 18.0 Å². The number of carbonyl (C=O) groups excluding carboxylic acids is 1. The van der Waals surface area contributed by atoms with Gasteiger partial charge in [-0.3, -0.25) is 18.7 Å². The highest BCUT2D eigenvalue weighted by molar-refractivity contribution is 7.20. The van der Waals surface area contributed by atoms with Crippen LogP contribution in [0.25, 0.3) is 10.2 Å². The molecule has 0 spiro atoms. The number of aromatic nitrogens is 2. The summed E-state index contributed by atoms with van der Waals surface area (Å²) in [4.78, 5) is 35.2. The number of carbonyl (C=O) groups is 1. The van der Waals surface area contributed by atoms with Crippen molar-refractivity contribution in [1.29, 1.82) is 0 Å². The maximum Gasteiger partial charge on any atom is 0.406 e. The lowest BCUT2D eigenvalue weighted by Gasteiger charge is -2.12. The average molecular weight is 320 g/mol. The minimum Gasteiger partial charge on any atom is -0.297 e. The Morgan fingerprint density at radius 1 is 1.24 bits per heavy atom. The third kappa shape index (κ3) is 2.53. The van der Waals surface area contributed by atoms with E-state index >= 15 is 0 Å². The zero-order valence-electron chi connectivity index (χ0n) is 11.2. The molecule has 0 unspecified atom stereocenters. The van der Waals surface area contributed by atoms with Gasteiger partial charge in [0.2, 0.25) is 0 Å². The number of hydrogen-bond acceptors (Lipinski definition) is 4. The number of aryl methyl sites for hydroxylation is 1. The zero-order chi connectivity index (χ0) is 15.9. The Labute approximate surface area is 120 Å². The molecule has 0 bridgehead atoms. The van der Waals surface area contributed by atoms with Gasteiger partial charge in [-0.1, -0.05) is 0 Å². The van der Waals surface area contributed by atoms with Crippen LogP contribution in [0, 0.1) is 6.92 Å². The molecule has 0 atom stereocenters. The van der Waals surface area contributed by atoms with E-state index in [1.54, 1.807) is 0 Å². The molecule has 0 radical (unpaired) electrons. The van der Waals surface area contributed by atoms with Crippen LogP contribution in [0.5, 0.6) is 0 Å². The molecule has 0 N–H and O–H groups in total. The van der Waals surface area contributed by atoms with E-state index < -0.39 is 24.0 Å². The molecule has 0 aliphatic carbocycles. The van der Waals surface area contributed by atoms with Crippen LogP contribution in [0.1, 0.15) is 22.2 Å². The summed E-state index contributed by atoms with van der Waals surface area (Å²) in [6, 6.07) is 0. The molecule has 0 aromatic carbocycles. The summed E-state index contributed by atoms with van der Waals surface area (Å²) in [6.07, 6.45) is -4.13. The monoisotopic (exact) mass is 320 g/mol. The van der Waals surface area contributed by atoms with Gasteiger partial charge in [0.1, 0.15) is 11.4 Å². The summed E-state index contributed by atoms with van der Waals surface area (Å²) in [5.41, 5.74) is -1.39. The fourth-order valence-electron chi connectivity index (χ4n) is 2.12. The van der Waals surface area contributed by atoms with Crippen molar-refractivity contribution in [2.45, 2.75) is 33.1 Å². The van der Waals surface area contributed by atoms with Crippen LogP contribution in [-0.4, -0.2) is 21.6 Å². The summed E-state index contributed by atoms with van der Waals surface area (Å²) in [5.74, 6) is 0. The second-order valence-corrected chi connectivity index (χ2v) is 5.45. The predicted molar refractivity (Wildman–Crippen MR) is 72.2 cm³/mol. The molecule has 0 fully saturated rings. The number of nitrogens with zero attached hydrogens (tertiary/aromatic N) is 2. The van der Waals surface area contributed by atoms with Crippen LogP contribution in [0.2, 0.25) is 0 Å². The number of halogens is 3. The first-order valence-corrected chi connectivity index (χ1v) is 6.81. The summed E-state index contributed by atoms with van der Waals surface area (Å²) in [5, 5.41) is -0.00667. The van der Waals surface area contributed by atoms with Crippen LogP contribution in [0.4, 0.5) is 13.2 Å². The van der Waals surface area contributed by atoms with Crippen molar-refractivity contribution in [2.24, 2.45) is 0 Å². The van der Waals surface area contributed by atoms with E-state index in [1.165, 1.54) is 13.8 Å². The van der Waals surface area contributed by atoms with Crippen LogP contribution in [-0.2, 0) is 13.1 Å². The fraction of sp³-hybridized carbons (Fsp3) is 0.417. The molecule has 2 aromatic heterocycles. The Balaban J connectivity index is 2.99. The minimum absolute atomic E-state index is 0.00667. The van der Waals surface area contributed by atoms with Gasteiger partial charge in [0, 0.05) is 6.54 Å². The number of hydrogen-bond donors (Lipinski definition) is 0. The van der Waals surface area contributed by atoms with Crippen molar-refractivity contribution >= 4 is 27.8 Å². The second-order valence-electron chi connectivity index (χ2n) is 4.42. The SMILES string of the molecule is CCn1c(=O)c2c(C)c(C=O)sc2n(CC(F)(F)F)c1=O. The maximum atomic E-state index is 12.7. The van der Waals surface area contributed by atoms with Gasteiger partial charge in [0.05, 0.1) is 10.3 Å². The van der Waals surface area contributed by atoms with Crippen molar-refractivity contribution in [3.05, 3.63) is 31.3 Å². The van der Waals surface area contributed by atoms with Crippen molar-refractivity contribution in [3.63, 3.8) is 0 Å². The highest BCUT2D eigenvalue weighted by atomic mass is 32.1. The van der Waals surface area contributed by atoms with Gasteiger partial charge in [-0.2, -0.15) is 13.2 Å². The summed E-state index contributed by atoms with van der Waals surface area (Å²) in [7, 11) is 0. The predicted octanol–water partition coefficient (Wildman–Crippen LogP) is 1.93. The molecule has 9 heteroatoms. The largest absolute Gasteiger partial charge is 0.406 e. The van der Waals surface area contributed by atoms with Gasteiger partial charge in [0.25, 0.3) is 5.56 Å². The number of thiophene rings is 1. The highest BCUT2D eigenvalue weighted by Crippen LogP contribution is 2.28. The average Bonchev–Trinajstić information content (AvgIpc) is 2.71. The van der Waals surface area contributed by atoms with E-state index in [-0.39, 0.29) is 21.6 Å². The number of aldehydes is 1. The quantitative estimate of drug-likeness (QED) is 0.812. The Kier molecular flexibility index (Phi) is 3.79. The standard InChI is InChI=1S/C12H11F3N2O3S/c1-3-16-9(19)8-6(2)7(4-18)21-10(8)17(11(16)20)5-12(13,14)15/h4H,3,5H2,1-2H3. The van der Waals surface area contributed by atoms with Crippen molar-refractivity contribution in [3.8, 4) is 0 Å². The van der Waals surface area contributed by atoms with E-state index in [0.717, 1.165) is 15.9 Å². The Bertz CT molecular complexity index is 829. The Morgan fingerprint density at radius 3 is 2.33 bits per heavy atom. The molecule has 0 aliphatic rings. The molecular weight excluding hydrogens is 309 g/mol. The van der Waals surface area contributed by atoms with E-state index in [1.807, 2.05) is 0 Å². The topological polar surface area (TPSA) is 61.1 Å². The Morgan fingerprint density at radius 2 is 1.86 bits per heavy atom. The highest BCUT2D eigenvalue weighted by Gasteiger charge is 2.31. The molecule has 0 saturated heterocycles. The molecule has 0 aliphatic heterocycles. The first-order valence-electron chi connectivity index (χ1n) is 6.00. The second kappa shape index (κ2) is 5.14. The molecule has 5 nitrogen and oxygen atoms in total. The van der Waals surface area contributed by atoms with Crippen LogP contribution in [0.3, 0.4) is 0 Å². The van der Waals surface area contributed by atoms with Gasteiger partial charge < -0.3 is 0 Å². The van der Waals surface area contributed by atoms with E-state index in [4.69, 9.17) is 0 Å². The lowest BCUT2D eigenvalue weighted by molar-refractivity contribution is -0.140. The van der Waals surface area contributed by atoms with Gasteiger partial charge in [-0.25, -0.2) is 4.79 Å². The van der Waals surface area contributed by atoms with Crippen molar-refractivity contribution in [1.82, 2.24) is 9.13 Å². The molecule has 0 saturated carbocycles. The van der Waals surface area contributed by atoms with E-state index in [0.29, 0.717) is 16.4 Å². The molecule has 0 amide bonds. The first-order chi connectivity index (χ1) is 9.71. The molecule has 2 aromatic rings. The zero-order valence-corrected chi connectivity index (χ0v) is 12.0. The van der Waals surface area contributed by atoms with E-state index in [2.05, 4.69) is 0 Å². The molecular formula is C12H11F3N2O3S. The first kappa shape index (κ1) is 15.5. The van der Waals surface area contributed by atoms with Crippen LogP contribution in [0.15, 0.2) is 9.59 Å². The molecule has 21 heavy (non-hydrogen) atoms. The third-order valence-corrected chi connectivity index (χ3v) is 4.33. The lowest BCUT2D eigenvalue weighted by Crippen LogP contribution is -2.41.